The van der Waals surface area contributed by atoms with Crippen molar-refractivity contribution >= 4 is 5.97 Å². The van der Waals surface area contributed by atoms with Gasteiger partial charge in [-0.05, 0) is 0 Å². The molecule has 0 radical (unpaired) electrons. The summed E-state index contributed by atoms with van der Waals surface area (Å²) in [5.74, 6) is -2.29. The van der Waals surface area contributed by atoms with Gasteiger partial charge in [-0.3, -0.25) is 4.79 Å². The van der Waals surface area contributed by atoms with Gasteiger partial charge in [-0.25, -0.2) is 0 Å². The van der Waals surface area contributed by atoms with E-state index in [9.17, 15) is 44.3 Å². The van der Waals surface area contributed by atoms with Crippen molar-refractivity contribution in [3.8, 4) is 12.3 Å². The highest BCUT2D eigenvalue weighted by atomic mass is 19.4. The van der Waals surface area contributed by atoms with Crippen LogP contribution in [0.4, 0.5) is 39.5 Å². The topological polar surface area (TPSA) is 26.3 Å². The third-order valence-electron chi connectivity index (χ3n) is 1.87. The summed E-state index contributed by atoms with van der Waals surface area (Å²) in [5, 5.41) is 0. The standard InChI is InChI=1S/C8H3F9O2/c1-2-3-19-4(18)5(6(9,10)11,7(12,13)14)8(15,16)17/h1H,3H2. The quantitative estimate of drug-likeness (QED) is 0.445. The second kappa shape index (κ2) is 4.82. The van der Waals surface area contributed by atoms with Gasteiger partial charge in [0.05, 0.1) is 0 Å². The first-order valence-corrected chi connectivity index (χ1v) is 4.04. The third kappa shape index (κ3) is 2.71. The minimum Gasteiger partial charge on any atom is -0.451 e. The summed E-state index contributed by atoms with van der Waals surface area (Å²) in [7, 11) is 0. The monoisotopic (exact) mass is 302 g/mol. The number of carbonyl (C=O) groups is 1. The second-order valence-corrected chi connectivity index (χ2v) is 3.02. The lowest BCUT2D eigenvalue weighted by molar-refractivity contribution is -0.411. The van der Waals surface area contributed by atoms with E-state index in [2.05, 4.69) is 11.2 Å². The molecule has 0 N–H and O–H groups in total. The van der Waals surface area contributed by atoms with Gasteiger partial charge in [-0.2, -0.15) is 39.5 Å². The highest BCUT2D eigenvalue weighted by Gasteiger charge is 2.89. The Morgan fingerprint density at radius 2 is 1.21 bits per heavy atom. The summed E-state index contributed by atoms with van der Waals surface area (Å²) in [4.78, 5) is 10.7. The van der Waals surface area contributed by atoms with E-state index in [1.807, 2.05) is 0 Å². The molecule has 0 atom stereocenters. The molecule has 0 saturated heterocycles. The maximum Gasteiger partial charge on any atom is 0.422 e. The molecule has 110 valence electrons. The molecule has 0 bridgehead atoms. The number of rotatable bonds is 2. The van der Waals surface area contributed by atoms with Crippen molar-refractivity contribution < 1.29 is 49.0 Å². The molecule has 0 fully saturated rings. The molecule has 19 heavy (non-hydrogen) atoms. The lowest BCUT2D eigenvalue weighted by Gasteiger charge is -2.35. The summed E-state index contributed by atoms with van der Waals surface area (Å²) in [6.45, 7) is -1.47. The lowest BCUT2D eigenvalue weighted by atomic mass is 9.85. The molecule has 0 aliphatic rings. The smallest absolute Gasteiger partial charge is 0.422 e. The maximum atomic E-state index is 12.3. The molecule has 0 saturated carbocycles. The van der Waals surface area contributed by atoms with Crippen LogP contribution in [0.15, 0.2) is 0 Å². The molecule has 2 nitrogen and oxygen atoms in total. The van der Waals surface area contributed by atoms with E-state index in [1.54, 1.807) is 0 Å². The average molecular weight is 302 g/mol. The number of terminal acetylenes is 1. The fraction of sp³-hybridized carbons (Fsp3) is 0.625. The van der Waals surface area contributed by atoms with Gasteiger partial charge in [0.25, 0.3) is 0 Å². The van der Waals surface area contributed by atoms with Crippen LogP contribution < -0.4 is 0 Å². The Morgan fingerprint density at radius 1 is 0.895 bits per heavy atom. The predicted molar refractivity (Wildman–Crippen MR) is 40.4 cm³/mol. The second-order valence-electron chi connectivity index (χ2n) is 3.02. The van der Waals surface area contributed by atoms with Gasteiger partial charge in [0.2, 0.25) is 0 Å². The van der Waals surface area contributed by atoms with Gasteiger partial charge < -0.3 is 4.74 Å². The van der Waals surface area contributed by atoms with Crippen LogP contribution in [0.25, 0.3) is 0 Å². The molecule has 0 rings (SSSR count). The molecule has 0 amide bonds. The van der Waals surface area contributed by atoms with Crippen LogP contribution >= 0.6 is 0 Å². The molecular weight excluding hydrogens is 299 g/mol. The molecule has 0 aliphatic heterocycles. The molecule has 0 aromatic carbocycles. The Kier molecular flexibility index (Phi) is 4.42. The van der Waals surface area contributed by atoms with E-state index >= 15 is 0 Å². The third-order valence-corrected chi connectivity index (χ3v) is 1.87. The summed E-state index contributed by atoms with van der Waals surface area (Å²) in [6, 6.07) is 0. The Labute approximate surface area is 99.1 Å². The highest BCUT2D eigenvalue weighted by Crippen LogP contribution is 2.59. The van der Waals surface area contributed by atoms with Gasteiger partial charge in [0.15, 0.2) is 6.61 Å². The van der Waals surface area contributed by atoms with Gasteiger partial charge in [0.1, 0.15) is 0 Å². The number of hydrogen-bond acceptors (Lipinski definition) is 2. The fourth-order valence-corrected chi connectivity index (χ4v) is 1.04. The van der Waals surface area contributed by atoms with Crippen molar-refractivity contribution in [3.05, 3.63) is 0 Å². The zero-order chi connectivity index (χ0) is 15.7. The minimum absolute atomic E-state index is 1.28. The lowest BCUT2D eigenvalue weighted by Crippen LogP contribution is -2.64. The number of ether oxygens (including phenoxy) is 1. The van der Waals surface area contributed by atoms with Gasteiger partial charge >= 0.3 is 29.9 Å². The molecule has 0 heterocycles. The number of halogens is 9. The molecule has 0 aliphatic carbocycles. The summed E-state index contributed by atoms with van der Waals surface area (Å²) in [5.41, 5.74) is -6.64. The molecular formula is C8H3F9O2. The molecule has 0 aromatic heterocycles. The van der Waals surface area contributed by atoms with E-state index in [1.165, 1.54) is 5.92 Å². The van der Waals surface area contributed by atoms with Crippen LogP contribution in [0.2, 0.25) is 0 Å². The van der Waals surface area contributed by atoms with Crippen molar-refractivity contribution in [1.82, 2.24) is 0 Å². The minimum atomic E-state index is -6.99. The van der Waals surface area contributed by atoms with Crippen molar-refractivity contribution in [3.63, 3.8) is 0 Å². The number of hydrogen-bond donors (Lipinski definition) is 0. The highest BCUT2D eigenvalue weighted by molar-refractivity contribution is 5.80. The van der Waals surface area contributed by atoms with Crippen LogP contribution in [0.1, 0.15) is 0 Å². The van der Waals surface area contributed by atoms with E-state index in [4.69, 9.17) is 0 Å². The first kappa shape index (κ1) is 17.4. The maximum absolute atomic E-state index is 12.3. The Hall–Kier alpha value is -1.60. The van der Waals surface area contributed by atoms with Crippen molar-refractivity contribution in [2.45, 2.75) is 18.5 Å². The number of esters is 1. The van der Waals surface area contributed by atoms with E-state index in [-0.39, 0.29) is 0 Å². The van der Waals surface area contributed by atoms with Crippen molar-refractivity contribution in [1.29, 1.82) is 0 Å². The average Bonchev–Trinajstić information content (AvgIpc) is 2.07. The SMILES string of the molecule is C#CCOC(=O)C(C(F)(F)F)(C(F)(F)F)C(F)(F)F. The van der Waals surface area contributed by atoms with Crippen molar-refractivity contribution in [2.24, 2.45) is 5.41 Å². The van der Waals surface area contributed by atoms with E-state index < -0.39 is 36.5 Å². The Bertz CT molecular complexity index is 345. The van der Waals surface area contributed by atoms with Gasteiger partial charge in [-0.1, -0.05) is 5.92 Å². The van der Waals surface area contributed by atoms with E-state index in [0.717, 1.165) is 0 Å². The molecule has 0 aromatic rings. The molecule has 0 spiro atoms. The molecule has 0 unspecified atom stereocenters. The first-order chi connectivity index (χ1) is 8.23. The van der Waals surface area contributed by atoms with Crippen molar-refractivity contribution in [2.75, 3.05) is 6.61 Å². The summed E-state index contributed by atoms with van der Waals surface area (Å²) < 4.78 is 113. The normalized spacial score (nSPS) is 13.9. The van der Waals surface area contributed by atoms with Crippen LogP contribution in [0.3, 0.4) is 0 Å². The van der Waals surface area contributed by atoms with Crippen LogP contribution in [0, 0.1) is 17.8 Å². The van der Waals surface area contributed by atoms with Crippen LogP contribution in [-0.2, 0) is 9.53 Å². The van der Waals surface area contributed by atoms with Gasteiger partial charge in [-0.15, -0.1) is 6.42 Å². The number of carbonyl (C=O) groups excluding carboxylic acids is 1. The zero-order valence-electron chi connectivity index (χ0n) is 8.50. The molecule has 11 heteroatoms. The first-order valence-electron chi connectivity index (χ1n) is 4.04. The summed E-state index contributed by atoms with van der Waals surface area (Å²) >= 11 is 0. The van der Waals surface area contributed by atoms with E-state index in [0.29, 0.717) is 0 Å². The van der Waals surface area contributed by atoms with Gasteiger partial charge in [0, 0.05) is 0 Å². The Morgan fingerprint density at radius 3 is 1.42 bits per heavy atom. The predicted octanol–water partition coefficient (Wildman–Crippen LogP) is 2.84. The Balaban J connectivity index is 6.13. The number of alkyl halides is 9. The van der Waals surface area contributed by atoms with Crippen LogP contribution in [0.5, 0.6) is 0 Å². The van der Waals surface area contributed by atoms with Crippen LogP contribution in [-0.4, -0.2) is 31.1 Å². The fourth-order valence-electron chi connectivity index (χ4n) is 1.04. The zero-order valence-corrected chi connectivity index (χ0v) is 8.50. The summed E-state index contributed by atoms with van der Waals surface area (Å²) in [6.07, 6.45) is -16.6. The largest absolute Gasteiger partial charge is 0.451 e.